The van der Waals surface area contributed by atoms with Crippen LogP contribution < -0.4 is 9.80 Å². The maximum atomic E-state index is 7.22. The summed E-state index contributed by atoms with van der Waals surface area (Å²) >= 11 is 18.6. The molecular weight excluding hydrogens is 661 g/mol. The molecule has 0 fully saturated rings. The van der Waals surface area contributed by atoms with Gasteiger partial charge >= 0.3 is 0 Å². The fraction of sp³-hybridized carbons (Fsp3) is 0.179. The molecule has 3 aliphatic rings. The highest BCUT2D eigenvalue weighted by Gasteiger charge is 2.40. The highest BCUT2D eigenvalue weighted by Crippen LogP contribution is 2.52. The van der Waals surface area contributed by atoms with Gasteiger partial charge in [-0.05, 0) is 91.6 Å². The minimum atomic E-state index is -0.321. The Morgan fingerprint density at radius 1 is 0.622 bits per heavy atom. The Bertz CT molecular complexity index is 1870. The second kappa shape index (κ2) is 11.3. The molecule has 1 aliphatic carbocycles. The molecule has 0 amide bonds. The van der Waals surface area contributed by atoms with Gasteiger partial charge in [-0.25, -0.2) is 0 Å². The summed E-state index contributed by atoms with van der Waals surface area (Å²) in [6.07, 6.45) is 6.15. The van der Waals surface area contributed by atoms with Crippen molar-refractivity contribution in [3.63, 3.8) is 0 Å². The van der Waals surface area contributed by atoms with Gasteiger partial charge in [0.05, 0.1) is 26.9 Å². The average molecular weight is 696 g/mol. The van der Waals surface area contributed by atoms with Crippen LogP contribution in [0.3, 0.4) is 0 Å². The van der Waals surface area contributed by atoms with Gasteiger partial charge in [0.15, 0.2) is 0 Å². The number of allylic oxidation sites excluding steroid dienone is 2. The van der Waals surface area contributed by atoms with Crippen LogP contribution in [0.25, 0.3) is 16.7 Å². The molecule has 4 aromatic rings. The number of fused-ring (bicyclic) bond motifs is 3. The topological polar surface area (TPSA) is 9.72 Å². The van der Waals surface area contributed by atoms with E-state index in [4.69, 9.17) is 23.4 Å². The molecule has 0 aromatic heterocycles. The SMILES string of the molecule is Cc1cc(C)c(N2C=CN(c3c(C)cc(C)cc3C)C2=C2C(Br)C(=C3c4ccccc4-c4ccccc43)C(Cl)=CN2Cl)c(C)c1. The monoisotopic (exact) mass is 693 g/mol. The second-order valence-corrected chi connectivity index (χ2v) is 14.0. The maximum absolute atomic E-state index is 7.22. The number of rotatable bonds is 2. The first-order valence-electron chi connectivity index (χ1n) is 15.1. The summed E-state index contributed by atoms with van der Waals surface area (Å²) in [6, 6.07) is 26.1. The van der Waals surface area contributed by atoms with Crippen LogP contribution in [0.2, 0.25) is 0 Å². The quantitative estimate of drug-likeness (QED) is 0.134. The average Bonchev–Trinajstić information content (AvgIpc) is 3.52. The van der Waals surface area contributed by atoms with Gasteiger partial charge in [-0.1, -0.05) is 111 Å². The summed E-state index contributed by atoms with van der Waals surface area (Å²) in [5, 5.41) is 0.604. The van der Waals surface area contributed by atoms with Crippen LogP contribution in [0.5, 0.6) is 0 Å². The third kappa shape index (κ3) is 4.77. The van der Waals surface area contributed by atoms with E-state index in [2.05, 4.69) is 152 Å². The lowest BCUT2D eigenvalue weighted by atomic mass is 9.93. The summed E-state index contributed by atoms with van der Waals surface area (Å²) < 4.78 is 1.67. The van der Waals surface area contributed by atoms with E-state index in [-0.39, 0.29) is 4.83 Å². The molecule has 0 bridgehead atoms. The fourth-order valence-electron chi connectivity index (χ4n) is 7.47. The normalized spacial score (nSPS) is 17.4. The maximum Gasteiger partial charge on any atom is 0.144 e. The van der Waals surface area contributed by atoms with Gasteiger partial charge in [0.1, 0.15) is 5.82 Å². The van der Waals surface area contributed by atoms with Gasteiger partial charge in [0, 0.05) is 35.9 Å². The molecule has 45 heavy (non-hydrogen) atoms. The van der Waals surface area contributed by atoms with E-state index in [1.807, 2.05) is 6.20 Å². The summed E-state index contributed by atoms with van der Waals surface area (Å²) in [5.74, 6) is 0.954. The molecule has 1 unspecified atom stereocenters. The van der Waals surface area contributed by atoms with Gasteiger partial charge in [-0.15, -0.1) is 0 Å². The molecule has 7 rings (SSSR count). The summed E-state index contributed by atoms with van der Waals surface area (Å²) in [5.41, 5.74) is 17.3. The fourth-order valence-corrected chi connectivity index (χ4v) is 9.24. The third-order valence-corrected chi connectivity index (χ3v) is 10.4. The lowest BCUT2D eigenvalue weighted by Gasteiger charge is -2.37. The molecule has 2 heterocycles. The van der Waals surface area contributed by atoms with Crippen molar-refractivity contribution >= 4 is 56.3 Å². The largest absolute Gasteiger partial charge is 0.299 e. The van der Waals surface area contributed by atoms with Gasteiger partial charge in [-0.3, -0.25) is 14.2 Å². The molecule has 2 aliphatic heterocycles. The number of hydrogen-bond donors (Lipinski definition) is 0. The lowest BCUT2D eigenvalue weighted by Crippen LogP contribution is -2.34. The second-order valence-electron chi connectivity index (χ2n) is 12.3. The number of halogens is 3. The van der Waals surface area contributed by atoms with Gasteiger partial charge in [0.25, 0.3) is 0 Å². The zero-order valence-corrected chi connectivity index (χ0v) is 29.3. The van der Waals surface area contributed by atoms with Crippen LogP contribution in [0.4, 0.5) is 11.4 Å². The van der Waals surface area contributed by atoms with Crippen molar-refractivity contribution in [1.82, 2.24) is 4.42 Å². The van der Waals surface area contributed by atoms with E-state index in [1.54, 1.807) is 4.42 Å². The van der Waals surface area contributed by atoms with Gasteiger partial charge in [0.2, 0.25) is 0 Å². The smallest absolute Gasteiger partial charge is 0.144 e. The third-order valence-electron chi connectivity index (χ3n) is 8.96. The van der Waals surface area contributed by atoms with Crippen LogP contribution in [0, 0.1) is 41.5 Å². The van der Waals surface area contributed by atoms with E-state index < -0.39 is 0 Å². The zero-order chi connectivity index (χ0) is 31.7. The zero-order valence-electron chi connectivity index (χ0n) is 26.2. The van der Waals surface area contributed by atoms with Crippen molar-refractivity contribution in [2.75, 3.05) is 9.80 Å². The van der Waals surface area contributed by atoms with E-state index in [1.165, 1.54) is 55.6 Å². The van der Waals surface area contributed by atoms with Gasteiger partial charge < -0.3 is 0 Å². The molecular formula is C39H34BrCl2N3. The van der Waals surface area contributed by atoms with Crippen molar-refractivity contribution in [3.05, 3.63) is 158 Å². The predicted molar refractivity (Wildman–Crippen MR) is 195 cm³/mol. The Kier molecular flexibility index (Phi) is 7.51. The molecule has 226 valence electrons. The van der Waals surface area contributed by atoms with Crippen LogP contribution in [0.15, 0.2) is 114 Å². The molecule has 0 spiro atoms. The molecule has 1 atom stereocenters. The molecule has 3 nitrogen and oxygen atoms in total. The molecule has 0 radical (unpaired) electrons. The number of hydrogen-bond acceptors (Lipinski definition) is 3. The molecule has 0 saturated heterocycles. The Labute approximate surface area is 284 Å². The Balaban J connectivity index is 1.53. The van der Waals surface area contributed by atoms with E-state index in [9.17, 15) is 0 Å². The first-order valence-corrected chi connectivity index (χ1v) is 16.8. The van der Waals surface area contributed by atoms with E-state index >= 15 is 0 Å². The van der Waals surface area contributed by atoms with Crippen LogP contribution >= 0.6 is 39.3 Å². The Morgan fingerprint density at radius 3 is 1.44 bits per heavy atom. The van der Waals surface area contributed by atoms with Gasteiger partial charge in [-0.2, -0.15) is 0 Å². The first-order chi connectivity index (χ1) is 21.6. The summed E-state index contributed by atoms with van der Waals surface area (Å²) in [4.78, 5) is 4.25. The molecule has 0 N–H and O–H groups in total. The number of alkyl halides is 1. The number of nitrogens with zero attached hydrogens (tertiary/aromatic N) is 3. The highest BCUT2D eigenvalue weighted by atomic mass is 79.9. The van der Waals surface area contributed by atoms with Crippen LogP contribution in [-0.2, 0) is 0 Å². The van der Waals surface area contributed by atoms with Crippen LogP contribution in [0.1, 0.15) is 44.5 Å². The summed E-state index contributed by atoms with van der Waals surface area (Å²) in [7, 11) is 0. The Hall–Kier alpha value is -3.70. The standard InChI is InChI=1S/C39H34BrCl2N3/c1-22-17-24(3)36(25(4)18-22)43-15-16-44(37-26(5)19-23(2)20-27(37)6)39(43)38-35(40)34(32(41)21-45(38)42)33-30-13-9-7-11-28(30)29-12-8-10-14-31(29)33/h7-21,35H,1-6H3. The van der Waals surface area contributed by atoms with Crippen molar-refractivity contribution in [2.45, 2.75) is 46.4 Å². The van der Waals surface area contributed by atoms with E-state index in [0.717, 1.165) is 34.0 Å². The predicted octanol–water partition coefficient (Wildman–Crippen LogP) is 11.3. The minimum absolute atomic E-state index is 0.321. The van der Waals surface area contributed by atoms with Crippen molar-refractivity contribution in [1.29, 1.82) is 0 Å². The number of benzene rings is 4. The van der Waals surface area contributed by atoms with Crippen molar-refractivity contribution in [3.8, 4) is 11.1 Å². The highest BCUT2D eigenvalue weighted by molar-refractivity contribution is 9.09. The van der Waals surface area contributed by atoms with E-state index in [0.29, 0.717) is 5.03 Å². The number of anilines is 2. The lowest BCUT2D eigenvalue weighted by molar-refractivity contribution is 0.681. The molecule has 0 saturated carbocycles. The first kappa shape index (κ1) is 30.0. The minimum Gasteiger partial charge on any atom is -0.299 e. The summed E-state index contributed by atoms with van der Waals surface area (Å²) in [6.45, 7) is 13.0. The molecule has 4 aromatic carbocycles. The van der Waals surface area contributed by atoms with Crippen molar-refractivity contribution < 1.29 is 0 Å². The molecule has 6 heteroatoms. The Morgan fingerprint density at radius 2 is 1.02 bits per heavy atom. The van der Waals surface area contributed by atoms with Crippen molar-refractivity contribution in [2.24, 2.45) is 0 Å². The van der Waals surface area contributed by atoms with Crippen LogP contribution in [-0.4, -0.2) is 9.25 Å². The number of aryl methyl sites for hydroxylation is 6.